The molecule has 0 aromatic rings. The molecular formula is C12H23NO. The predicted octanol–water partition coefficient (Wildman–Crippen LogP) is 1.77. The first-order valence-corrected chi connectivity index (χ1v) is 5.95. The van der Waals surface area contributed by atoms with Crippen LogP contribution >= 0.6 is 0 Å². The molecule has 2 nitrogen and oxygen atoms in total. The molecule has 0 aliphatic heterocycles. The summed E-state index contributed by atoms with van der Waals surface area (Å²) in [7, 11) is 0. The van der Waals surface area contributed by atoms with Gasteiger partial charge in [-0.1, -0.05) is 13.8 Å². The number of aliphatic hydroxyl groups is 1. The molecule has 0 saturated heterocycles. The molecule has 14 heavy (non-hydrogen) atoms. The van der Waals surface area contributed by atoms with Gasteiger partial charge in [0.15, 0.2) is 0 Å². The number of rotatable bonds is 3. The zero-order valence-electron chi connectivity index (χ0n) is 9.37. The normalized spacial score (nSPS) is 41.6. The number of hydrogen-bond donors (Lipinski definition) is 2. The number of aliphatic hydroxyl groups excluding tert-OH is 1. The van der Waals surface area contributed by atoms with E-state index in [0.29, 0.717) is 17.9 Å². The molecule has 0 radical (unpaired) electrons. The Bertz CT molecular complexity index is 212. The molecule has 3 aliphatic carbocycles. The third-order valence-corrected chi connectivity index (χ3v) is 4.87. The molecule has 0 amide bonds. The minimum absolute atomic E-state index is 0.148. The standard InChI is InChI=1S/C12H23NO/c1-12(2)8-3-4-9(10(12)7-8)11(14)5-6-13/h8-11,14H,3-7,13H2,1-2H3. The smallest absolute Gasteiger partial charge is 0.0583 e. The second-order valence-electron chi connectivity index (χ2n) is 5.75. The summed E-state index contributed by atoms with van der Waals surface area (Å²) >= 11 is 0. The van der Waals surface area contributed by atoms with Gasteiger partial charge in [0.2, 0.25) is 0 Å². The van der Waals surface area contributed by atoms with Gasteiger partial charge in [0.05, 0.1) is 6.10 Å². The zero-order chi connectivity index (χ0) is 10.3. The van der Waals surface area contributed by atoms with E-state index in [9.17, 15) is 5.11 Å². The molecule has 2 bridgehead atoms. The Kier molecular flexibility index (Phi) is 2.61. The summed E-state index contributed by atoms with van der Waals surface area (Å²) in [6, 6.07) is 0. The maximum atomic E-state index is 10.0. The maximum absolute atomic E-state index is 10.0. The summed E-state index contributed by atoms with van der Waals surface area (Å²) in [5.41, 5.74) is 5.99. The molecule has 0 spiro atoms. The number of nitrogens with two attached hydrogens (primary N) is 1. The van der Waals surface area contributed by atoms with Crippen molar-refractivity contribution in [3.63, 3.8) is 0 Å². The van der Waals surface area contributed by atoms with E-state index >= 15 is 0 Å². The molecule has 3 saturated carbocycles. The molecule has 2 heteroatoms. The lowest BCUT2D eigenvalue weighted by Crippen LogP contribution is -2.55. The molecule has 0 aromatic heterocycles. The van der Waals surface area contributed by atoms with E-state index < -0.39 is 0 Å². The van der Waals surface area contributed by atoms with Crippen molar-refractivity contribution in [1.29, 1.82) is 0 Å². The molecule has 3 aliphatic rings. The van der Waals surface area contributed by atoms with Crippen LogP contribution in [0.15, 0.2) is 0 Å². The summed E-state index contributed by atoms with van der Waals surface area (Å²) < 4.78 is 0. The van der Waals surface area contributed by atoms with Crippen LogP contribution in [0, 0.1) is 23.2 Å². The average Bonchev–Trinajstić information content (AvgIpc) is 2.18. The highest BCUT2D eigenvalue weighted by molar-refractivity contribution is 5.04. The third kappa shape index (κ3) is 1.40. The van der Waals surface area contributed by atoms with Crippen LogP contribution in [0.2, 0.25) is 0 Å². The highest BCUT2D eigenvalue weighted by atomic mass is 16.3. The van der Waals surface area contributed by atoms with Crippen LogP contribution in [0.25, 0.3) is 0 Å². The van der Waals surface area contributed by atoms with Gasteiger partial charge < -0.3 is 10.8 Å². The molecule has 3 fully saturated rings. The monoisotopic (exact) mass is 197 g/mol. The van der Waals surface area contributed by atoms with E-state index in [-0.39, 0.29) is 6.10 Å². The van der Waals surface area contributed by atoms with Gasteiger partial charge in [-0.15, -0.1) is 0 Å². The van der Waals surface area contributed by atoms with Gasteiger partial charge >= 0.3 is 0 Å². The fraction of sp³-hybridized carbons (Fsp3) is 1.00. The largest absolute Gasteiger partial charge is 0.393 e. The second-order valence-corrected chi connectivity index (χ2v) is 5.75. The highest BCUT2D eigenvalue weighted by Gasteiger charge is 2.55. The van der Waals surface area contributed by atoms with Gasteiger partial charge in [-0.2, -0.15) is 0 Å². The van der Waals surface area contributed by atoms with Gasteiger partial charge in [-0.05, 0) is 55.4 Å². The van der Waals surface area contributed by atoms with Crippen LogP contribution < -0.4 is 5.73 Å². The minimum atomic E-state index is -0.148. The van der Waals surface area contributed by atoms with Crippen LogP contribution in [0.5, 0.6) is 0 Å². The van der Waals surface area contributed by atoms with Crippen LogP contribution in [0.3, 0.4) is 0 Å². The van der Waals surface area contributed by atoms with Crippen LogP contribution in [0.4, 0.5) is 0 Å². The number of hydrogen-bond acceptors (Lipinski definition) is 2. The van der Waals surface area contributed by atoms with Gasteiger partial charge in [0.1, 0.15) is 0 Å². The zero-order valence-corrected chi connectivity index (χ0v) is 9.37. The molecule has 3 N–H and O–H groups in total. The van der Waals surface area contributed by atoms with Crippen LogP contribution in [-0.4, -0.2) is 17.8 Å². The Morgan fingerprint density at radius 1 is 1.43 bits per heavy atom. The van der Waals surface area contributed by atoms with E-state index in [1.807, 2.05) is 0 Å². The van der Waals surface area contributed by atoms with Crippen molar-refractivity contribution in [2.75, 3.05) is 6.54 Å². The Hall–Kier alpha value is -0.0800. The summed E-state index contributed by atoms with van der Waals surface area (Å²) in [6.45, 7) is 5.36. The SMILES string of the molecule is CC1(C)C2CCC(C(O)CCN)C1C2. The summed E-state index contributed by atoms with van der Waals surface area (Å²) in [6.07, 6.45) is 4.52. The Labute approximate surface area is 86.9 Å². The first kappa shape index (κ1) is 10.4. The van der Waals surface area contributed by atoms with Gasteiger partial charge in [0.25, 0.3) is 0 Å². The summed E-state index contributed by atoms with van der Waals surface area (Å²) in [4.78, 5) is 0. The summed E-state index contributed by atoms with van der Waals surface area (Å²) in [5.74, 6) is 2.20. The molecule has 4 atom stereocenters. The summed E-state index contributed by atoms with van der Waals surface area (Å²) in [5, 5.41) is 10.0. The molecular weight excluding hydrogens is 174 g/mol. The molecule has 82 valence electrons. The predicted molar refractivity (Wildman–Crippen MR) is 57.8 cm³/mol. The first-order valence-electron chi connectivity index (χ1n) is 5.95. The topological polar surface area (TPSA) is 46.2 Å². The van der Waals surface area contributed by atoms with Gasteiger partial charge in [0, 0.05) is 0 Å². The third-order valence-electron chi connectivity index (χ3n) is 4.87. The lowest BCUT2D eigenvalue weighted by molar-refractivity contribution is -0.137. The second kappa shape index (κ2) is 3.49. The van der Waals surface area contributed by atoms with Crippen molar-refractivity contribution in [2.24, 2.45) is 28.9 Å². The molecule has 0 aromatic carbocycles. The van der Waals surface area contributed by atoms with E-state index in [2.05, 4.69) is 13.8 Å². The van der Waals surface area contributed by atoms with Crippen LogP contribution in [0.1, 0.15) is 39.5 Å². The van der Waals surface area contributed by atoms with Crippen molar-refractivity contribution in [2.45, 2.75) is 45.6 Å². The van der Waals surface area contributed by atoms with E-state index in [4.69, 9.17) is 5.73 Å². The number of fused-ring (bicyclic) bond motifs is 2. The Balaban J connectivity index is 2.00. The molecule has 4 unspecified atom stereocenters. The van der Waals surface area contributed by atoms with Crippen molar-refractivity contribution in [3.8, 4) is 0 Å². The van der Waals surface area contributed by atoms with Crippen molar-refractivity contribution >= 4 is 0 Å². The van der Waals surface area contributed by atoms with Crippen molar-refractivity contribution < 1.29 is 5.11 Å². The molecule has 0 heterocycles. The molecule has 3 rings (SSSR count). The Morgan fingerprint density at radius 3 is 2.64 bits per heavy atom. The van der Waals surface area contributed by atoms with E-state index in [0.717, 1.165) is 18.3 Å². The quantitative estimate of drug-likeness (QED) is 0.724. The maximum Gasteiger partial charge on any atom is 0.0583 e. The first-order chi connectivity index (χ1) is 6.57. The van der Waals surface area contributed by atoms with Gasteiger partial charge in [-0.3, -0.25) is 0 Å². The van der Waals surface area contributed by atoms with E-state index in [1.54, 1.807) is 0 Å². The van der Waals surface area contributed by atoms with Crippen molar-refractivity contribution in [3.05, 3.63) is 0 Å². The lowest BCUT2D eigenvalue weighted by Gasteiger charge is -2.61. The van der Waals surface area contributed by atoms with Crippen LogP contribution in [-0.2, 0) is 0 Å². The Morgan fingerprint density at radius 2 is 2.14 bits per heavy atom. The van der Waals surface area contributed by atoms with Gasteiger partial charge in [-0.25, -0.2) is 0 Å². The fourth-order valence-electron chi connectivity index (χ4n) is 3.71. The highest BCUT2D eigenvalue weighted by Crippen LogP contribution is 2.62. The minimum Gasteiger partial charge on any atom is -0.393 e. The lowest BCUT2D eigenvalue weighted by atomic mass is 9.45. The van der Waals surface area contributed by atoms with Crippen molar-refractivity contribution in [1.82, 2.24) is 0 Å². The average molecular weight is 197 g/mol. The fourth-order valence-corrected chi connectivity index (χ4v) is 3.71. The van der Waals surface area contributed by atoms with E-state index in [1.165, 1.54) is 19.3 Å².